The summed E-state index contributed by atoms with van der Waals surface area (Å²) in [6.07, 6.45) is -2.74. The van der Waals surface area contributed by atoms with E-state index in [1.54, 1.807) is 0 Å². The first-order chi connectivity index (χ1) is 6.70. The molecule has 1 aromatic rings. The quantitative estimate of drug-likeness (QED) is 0.416. The normalized spacial score (nSPS) is 38.5. The van der Waals surface area contributed by atoms with E-state index in [4.69, 9.17) is 4.74 Å². The van der Waals surface area contributed by atoms with Crippen molar-refractivity contribution in [2.75, 3.05) is 6.61 Å². The van der Waals surface area contributed by atoms with Gasteiger partial charge in [-0.1, -0.05) is 5.21 Å². The lowest BCUT2D eigenvalue weighted by Crippen LogP contribution is -2.49. The van der Waals surface area contributed by atoms with Crippen molar-refractivity contribution in [3.05, 3.63) is 11.9 Å². The molecule has 7 nitrogen and oxygen atoms in total. The Morgan fingerprint density at radius 3 is 2.79 bits per heavy atom. The van der Waals surface area contributed by atoms with Crippen LogP contribution in [0.4, 0.5) is 0 Å². The maximum absolute atomic E-state index is 9.56. The zero-order valence-corrected chi connectivity index (χ0v) is 7.24. The summed E-state index contributed by atoms with van der Waals surface area (Å²) in [6, 6.07) is 0. The summed E-state index contributed by atoms with van der Waals surface area (Å²) < 4.78 is 5.13. The highest BCUT2D eigenvalue weighted by atomic mass is 16.5. The lowest BCUT2D eigenvalue weighted by molar-refractivity contribution is -0.190. The zero-order chi connectivity index (χ0) is 10.1. The highest BCUT2D eigenvalue weighted by molar-refractivity contribution is 5.03. The van der Waals surface area contributed by atoms with E-state index in [1.807, 2.05) is 0 Å². The zero-order valence-electron chi connectivity index (χ0n) is 7.24. The van der Waals surface area contributed by atoms with Gasteiger partial charge in [0.05, 0.1) is 6.61 Å². The van der Waals surface area contributed by atoms with Crippen LogP contribution >= 0.6 is 0 Å². The topological polar surface area (TPSA) is 111 Å². The minimum absolute atomic E-state index is 0.0320. The Hall–Kier alpha value is -1.02. The second-order valence-electron chi connectivity index (χ2n) is 3.20. The maximum atomic E-state index is 9.56. The minimum Gasteiger partial charge on any atom is -0.388 e. The fourth-order valence-electron chi connectivity index (χ4n) is 1.42. The summed E-state index contributed by atoms with van der Waals surface area (Å²) in [7, 11) is 0. The molecule has 1 saturated heterocycles. The fourth-order valence-corrected chi connectivity index (χ4v) is 1.42. The Labute approximate surface area is 79.3 Å². The summed E-state index contributed by atoms with van der Waals surface area (Å²) in [5.41, 5.74) is 0.406. The van der Waals surface area contributed by atoms with Crippen molar-refractivity contribution in [3.63, 3.8) is 0 Å². The number of aromatic nitrogens is 3. The summed E-state index contributed by atoms with van der Waals surface area (Å²) in [4.78, 5) is 0. The van der Waals surface area contributed by atoms with Crippen molar-refractivity contribution >= 4 is 0 Å². The van der Waals surface area contributed by atoms with Gasteiger partial charge in [0.15, 0.2) is 0 Å². The second kappa shape index (κ2) is 3.62. The highest BCUT2D eigenvalue weighted by Crippen LogP contribution is 2.26. The first kappa shape index (κ1) is 9.53. The van der Waals surface area contributed by atoms with Gasteiger partial charge in [-0.15, -0.1) is 5.10 Å². The van der Waals surface area contributed by atoms with Crippen LogP contribution in [0.1, 0.15) is 11.8 Å². The van der Waals surface area contributed by atoms with Crippen LogP contribution in [0.5, 0.6) is 0 Å². The molecule has 4 atom stereocenters. The first-order valence-corrected chi connectivity index (χ1v) is 4.22. The van der Waals surface area contributed by atoms with E-state index < -0.39 is 24.4 Å². The summed E-state index contributed by atoms with van der Waals surface area (Å²) in [5, 5.41) is 37.7. The molecule has 2 rings (SSSR count). The predicted molar refractivity (Wildman–Crippen MR) is 43.1 cm³/mol. The van der Waals surface area contributed by atoms with Crippen molar-refractivity contribution < 1.29 is 20.1 Å². The third-order valence-electron chi connectivity index (χ3n) is 2.23. The number of rotatable bonds is 1. The van der Waals surface area contributed by atoms with Gasteiger partial charge in [-0.2, -0.15) is 0 Å². The molecule has 0 bridgehead atoms. The summed E-state index contributed by atoms with van der Waals surface area (Å²) >= 11 is 0. The average molecular weight is 201 g/mol. The van der Waals surface area contributed by atoms with Crippen LogP contribution in [0, 0.1) is 0 Å². The Balaban J connectivity index is 2.14. The van der Waals surface area contributed by atoms with Crippen LogP contribution in [0.25, 0.3) is 0 Å². The van der Waals surface area contributed by atoms with Gasteiger partial charge in [0, 0.05) is 6.20 Å². The summed E-state index contributed by atoms with van der Waals surface area (Å²) in [6.45, 7) is -0.0320. The number of hydrogen-bond acceptors (Lipinski definition) is 6. The number of aromatic amines is 1. The van der Waals surface area contributed by atoms with Crippen LogP contribution in [-0.2, 0) is 4.74 Å². The molecule has 1 fully saturated rings. The SMILES string of the molecule is O[C@H]1[C@H](O)COC(c2c[nH]nn2)[C@@H]1O. The Morgan fingerprint density at radius 1 is 1.36 bits per heavy atom. The van der Waals surface area contributed by atoms with Crippen molar-refractivity contribution in [2.24, 2.45) is 0 Å². The van der Waals surface area contributed by atoms with Crippen LogP contribution in [-0.4, -0.2) is 55.6 Å². The first-order valence-electron chi connectivity index (χ1n) is 4.22. The van der Waals surface area contributed by atoms with Gasteiger partial charge in [0.2, 0.25) is 0 Å². The van der Waals surface area contributed by atoms with E-state index in [9.17, 15) is 15.3 Å². The van der Waals surface area contributed by atoms with Gasteiger partial charge in [0.1, 0.15) is 30.1 Å². The van der Waals surface area contributed by atoms with Gasteiger partial charge in [-0.05, 0) is 0 Å². The number of H-pyrrole nitrogens is 1. The average Bonchev–Trinajstić information content (AvgIpc) is 2.67. The summed E-state index contributed by atoms with van der Waals surface area (Å²) in [5.74, 6) is 0. The lowest BCUT2D eigenvalue weighted by Gasteiger charge is -2.34. The number of aliphatic hydroxyl groups is 3. The standard InChI is InChI=1S/C7H11N3O4/c11-4-2-14-7(6(13)5(4)12)3-1-8-10-9-3/h1,4-7,11-13H,2H2,(H,8,9,10)/t4-,5+,6-,7?/m1/s1. The molecule has 0 amide bonds. The minimum atomic E-state index is -1.22. The molecule has 78 valence electrons. The molecule has 14 heavy (non-hydrogen) atoms. The number of nitrogens with one attached hydrogen (secondary N) is 1. The molecule has 1 aliphatic heterocycles. The third-order valence-corrected chi connectivity index (χ3v) is 2.23. The number of ether oxygens (including phenoxy) is 1. The van der Waals surface area contributed by atoms with Crippen molar-refractivity contribution in [1.82, 2.24) is 15.4 Å². The van der Waals surface area contributed by atoms with Crippen molar-refractivity contribution in [3.8, 4) is 0 Å². The Morgan fingerprint density at radius 2 is 2.14 bits per heavy atom. The van der Waals surface area contributed by atoms with Crippen LogP contribution in [0.15, 0.2) is 6.20 Å². The van der Waals surface area contributed by atoms with Crippen molar-refractivity contribution in [2.45, 2.75) is 24.4 Å². The fraction of sp³-hybridized carbons (Fsp3) is 0.714. The third kappa shape index (κ3) is 1.50. The predicted octanol–water partition coefficient (Wildman–Crippen LogP) is -2.04. The van der Waals surface area contributed by atoms with Gasteiger partial charge in [0.25, 0.3) is 0 Å². The maximum Gasteiger partial charge on any atom is 0.131 e. The molecule has 7 heteroatoms. The molecule has 0 aliphatic carbocycles. The molecule has 0 spiro atoms. The largest absolute Gasteiger partial charge is 0.388 e. The molecule has 4 N–H and O–H groups in total. The second-order valence-corrected chi connectivity index (χ2v) is 3.20. The molecule has 1 unspecified atom stereocenters. The van der Waals surface area contributed by atoms with Gasteiger partial charge >= 0.3 is 0 Å². The van der Waals surface area contributed by atoms with E-state index in [0.717, 1.165) is 0 Å². The van der Waals surface area contributed by atoms with Crippen molar-refractivity contribution in [1.29, 1.82) is 0 Å². The van der Waals surface area contributed by atoms with Gasteiger partial charge in [-0.3, -0.25) is 5.10 Å². The number of aliphatic hydroxyl groups excluding tert-OH is 3. The van der Waals surface area contributed by atoms with E-state index >= 15 is 0 Å². The Bertz CT molecular complexity index is 291. The smallest absolute Gasteiger partial charge is 0.131 e. The number of nitrogens with zero attached hydrogens (tertiary/aromatic N) is 2. The number of hydrogen-bond donors (Lipinski definition) is 4. The van der Waals surface area contributed by atoms with E-state index in [1.165, 1.54) is 6.20 Å². The monoisotopic (exact) mass is 201 g/mol. The van der Waals surface area contributed by atoms with Crippen LogP contribution < -0.4 is 0 Å². The van der Waals surface area contributed by atoms with E-state index in [-0.39, 0.29) is 6.61 Å². The molecule has 2 heterocycles. The highest BCUT2D eigenvalue weighted by Gasteiger charge is 2.39. The molecule has 0 aromatic carbocycles. The van der Waals surface area contributed by atoms with Crippen LogP contribution in [0.3, 0.4) is 0 Å². The molecule has 0 saturated carbocycles. The van der Waals surface area contributed by atoms with Gasteiger partial charge in [-0.25, -0.2) is 0 Å². The molecular formula is C7H11N3O4. The molecule has 0 radical (unpaired) electrons. The van der Waals surface area contributed by atoms with E-state index in [0.29, 0.717) is 5.69 Å². The van der Waals surface area contributed by atoms with Gasteiger partial charge < -0.3 is 20.1 Å². The van der Waals surface area contributed by atoms with Crippen LogP contribution in [0.2, 0.25) is 0 Å². The molecular weight excluding hydrogens is 190 g/mol. The Kier molecular flexibility index (Phi) is 2.46. The molecule has 1 aromatic heterocycles. The van der Waals surface area contributed by atoms with E-state index in [2.05, 4.69) is 15.4 Å². The molecule has 1 aliphatic rings. The lowest BCUT2D eigenvalue weighted by atomic mass is 9.98.